The molecule has 1 aromatic carbocycles. The molecule has 0 bridgehead atoms. The van der Waals surface area contributed by atoms with E-state index in [0.717, 1.165) is 17.7 Å². The lowest BCUT2D eigenvalue weighted by atomic mass is 10.0. The van der Waals surface area contributed by atoms with Gasteiger partial charge in [0.15, 0.2) is 0 Å². The van der Waals surface area contributed by atoms with Crippen LogP contribution in [-0.2, 0) is 6.42 Å². The van der Waals surface area contributed by atoms with Crippen molar-refractivity contribution < 1.29 is 4.79 Å². The molecule has 17 heavy (non-hydrogen) atoms. The van der Waals surface area contributed by atoms with E-state index in [0.29, 0.717) is 13.1 Å². The van der Waals surface area contributed by atoms with Crippen molar-refractivity contribution in [1.82, 2.24) is 5.32 Å². The van der Waals surface area contributed by atoms with Gasteiger partial charge in [0.2, 0.25) is 0 Å². The van der Waals surface area contributed by atoms with Crippen LogP contribution in [0.4, 0.5) is 10.5 Å². The highest BCUT2D eigenvalue weighted by molar-refractivity contribution is 5.96. The SMILES string of the molecule is CCc1cccc(C)c1N1CC(CN)NC1=O. The Morgan fingerprint density at radius 1 is 1.53 bits per heavy atom. The van der Waals surface area contributed by atoms with Crippen LogP contribution in [0, 0.1) is 6.92 Å². The summed E-state index contributed by atoms with van der Waals surface area (Å²) in [6, 6.07) is 6.17. The van der Waals surface area contributed by atoms with E-state index >= 15 is 0 Å². The van der Waals surface area contributed by atoms with Crippen LogP contribution in [0.1, 0.15) is 18.1 Å². The van der Waals surface area contributed by atoms with Crippen molar-refractivity contribution in [1.29, 1.82) is 0 Å². The number of hydrogen-bond donors (Lipinski definition) is 2. The molecule has 2 rings (SSSR count). The number of rotatable bonds is 3. The van der Waals surface area contributed by atoms with Gasteiger partial charge in [0.05, 0.1) is 11.7 Å². The summed E-state index contributed by atoms with van der Waals surface area (Å²) in [5.74, 6) is 0. The van der Waals surface area contributed by atoms with Crippen LogP contribution in [0.2, 0.25) is 0 Å². The minimum atomic E-state index is -0.0375. The van der Waals surface area contributed by atoms with Gasteiger partial charge in [-0.2, -0.15) is 0 Å². The third kappa shape index (κ3) is 2.13. The van der Waals surface area contributed by atoms with Gasteiger partial charge in [0.1, 0.15) is 0 Å². The molecule has 0 spiro atoms. The highest BCUT2D eigenvalue weighted by atomic mass is 16.2. The lowest BCUT2D eigenvalue weighted by Gasteiger charge is -2.20. The fourth-order valence-electron chi connectivity index (χ4n) is 2.32. The van der Waals surface area contributed by atoms with Gasteiger partial charge in [-0.05, 0) is 24.5 Å². The quantitative estimate of drug-likeness (QED) is 0.829. The van der Waals surface area contributed by atoms with Crippen molar-refractivity contribution in [3.05, 3.63) is 29.3 Å². The zero-order valence-electron chi connectivity index (χ0n) is 10.4. The fourth-order valence-corrected chi connectivity index (χ4v) is 2.32. The molecule has 1 atom stereocenters. The van der Waals surface area contributed by atoms with Crippen LogP contribution in [-0.4, -0.2) is 25.2 Å². The van der Waals surface area contributed by atoms with Crippen molar-refractivity contribution >= 4 is 11.7 Å². The number of nitrogens with zero attached hydrogens (tertiary/aromatic N) is 1. The molecule has 1 unspecified atom stereocenters. The molecule has 1 aliphatic rings. The molecule has 0 saturated carbocycles. The van der Waals surface area contributed by atoms with Crippen molar-refractivity contribution in [3.63, 3.8) is 0 Å². The molecule has 1 heterocycles. The van der Waals surface area contributed by atoms with Crippen LogP contribution < -0.4 is 16.0 Å². The molecule has 1 fully saturated rings. The Kier molecular flexibility index (Phi) is 3.33. The van der Waals surface area contributed by atoms with Crippen LogP contribution >= 0.6 is 0 Å². The second-order valence-electron chi connectivity index (χ2n) is 4.43. The third-order valence-electron chi connectivity index (χ3n) is 3.23. The number of nitrogens with two attached hydrogens (primary N) is 1. The van der Waals surface area contributed by atoms with E-state index in [4.69, 9.17) is 5.73 Å². The first-order chi connectivity index (χ1) is 8.17. The van der Waals surface area contributed by atoms with E-state index in [9.17, 15) is 4.79 Å². The molecule has 1 aromatic rings. The smallest absolute Gasteiger partial charge is 0.322 e. The molecule has 92 valence electrons. The van der Waals surface area contributed by atoms with Crippen molar-refractivity contribution in [2.24, 2.45) is 5.73 Å². The molecule has 0 radical (unpaired) electrons. The van der Waals surface area contributed by atoms with E-state index in [-0.39, 0.29) is 12.1 Å². The summed E-state index contributed by atoms with van der Waals surface area (Å²) in [5, 5.41) is 2.89. The maximum atomic E-state index is 11.9. The van der Waals surface area contributed by atoms with Crippen molar-refractivity contribution in [2.45, 2.75) is 26.3 Å². The topological polar surface area (TPSA) is 58.4 Å². The number of hydrogen-bond acceptors (Lipinski definition) is 2. The normalized spacial score (nSPS) is 19.6. The molecule has 0 aliphatic carbocycles. The predicted molar refractivity (Wildman–Crippen MR) is 69.3 cm³/mol. The number of urea groups is 1. The summed E-state index contributed by atoms with van der Waals surface area (Å²) in [4.78, 5) is 13.7. The van der Waals surface area contributed by atoms with Crippen LogP contribution in [0.25, 0.3) is 0 Å². The first-order valence-corrected chi connectivity index (χ1v) is 6.04. The summed E-state index contributed by atoms with van der Waals surface area (Å²) in [6.07, 6.45) is 0.925. The highest BCUT2D eigenvalue weighted by Gasteiger charge is 2.30. The standard InChI is InChI=1S/C13H19N3O/c1-3-10-6-4-5-9(2)12(10)16-8-11(7-14)15-13(16)17/h4-6,11H,3,7-8,14H2,1-2H3,(H,15,17). The number of anilines is 1. The zero-order chi connectivity index (χ0) is 12.4. The van der Waals surface area contributed by atoms with Crippen molar-refractivity contribution in [2.75, 3.05) is 18.0 Å². The molecular formula is C13H19N3O. The highest BCUT2D eigenvalue weighted by Crippen LogP contribution is 2.27. The minimum Gasteiger partial charge on any atom is -0.332 e. The molecule has 3 N–H and O–H groups in total. The van der Waals surface area contributed by atoms with Crippen molar-refractivity contribution in [3.8, 4) is 0 Å². The van der Waals surface area contributed by atoms with Gasteiger partial charge in [-0.3, -0.25) is 4.90 Å². The van der Waals surface area contributed by atoms with Gasteiger partial charge >= 0.3 is 6.03 Å². The molecule has 4 heteroatoms. The number of carbonyl (C=O) groups excluding carboxylic acids is 1. The fraction of sp³-hybridized carbons (Fsp3) is 0.462. The average molecular weight is 233 g/mol. The van der Waals surface area contributed by atoms with Gasteiger partial charge in [-0.25, -0.2) is 4.79 Å². The predicted octanol–water partition coefficient (Wildman–Crippen LogP) is 1.41. The number of para-hydroxylation sites is 1. The Morgan fingerprint density at radius 3 is 2.88 bits per heavy atom. The molecular weight excluding hydrogens is 214 g/mol. The zero-order valence-corrected chi connectivity index (χ0v) is 10.4. The Balaban J connectivity index is 2.37. The Labute approximate surface area is 102 Å². The summed E-state index contributed by atoms with van der Waals surface area (Å²) in [6.45, 7) is 5.28. The van der Waals surface area contributed by atoms with Crippen LogP contribution in [0.15, 0.2) is 18.2 Å². The van der Waals surface area contributed by atoms with Crippen LogP contribution in [0.5, 0.6) is 0 Å². The van der Waals surface area contributed by atoms with Crippen LogP contribution in [0.3, 0.4) is 0 Å². The molecule has 1 aliphatic heterocycles. The van der Waals surface area contributed by atoms with Gasteiger partial charge in [0, 0.05) is 13.1 Å². The van der Waals surface area contributed by atoms with Gasteiger partial charge in [0.25, 0.3) is 0 Å². The minimum absolute atomic E-state index is 0.0375. The number of benzene rings is 1. The van der Waals surface area contributed by atoms with E-state index in [1.807, 2.05) is 24.0 Å². The molecule has 4 nitrogen and oxygen atoms in total. The largest absolute Gasteiger partial charge is 0.332 e. The first-order valence-electron chi connectivity index (χ1n) is 6.04. The lowest BCUT2D eigenvalue weighted by molar-refractivity contribution is 0.251. The summed E-state index contributed by atoms with van der Waals surface area (Å²) < 4.78 is 0. The second kappa shape index (κ2) is 4.75. The number of nitrogens with one attached hydrogen (secondary N) is 1. The van der Waals surface area contributed by atoms with Gasteiger partial charge in [-0.15, -0.1) is 0 Å². The van der Waals surface area contributed by atoms with Gasteiger partial charge in [-0.1, -0.05) is 25.1 Å². The Bertz CT molecular complexity index is 431. The maximum Gasteiger partial charge on any atom is 0.322 e. The summed E-state index contributed by atoms with van der Waals surface area (Å²) in [5.41, 5.74) is 8.99. The lowest BCUT2D eigenvalue weighted by Crippen LogP contribution is -2.33. The summed E-state index contributed by atoms with van der Waals surface area (Å²) in [7, 11) is 0. The Morgan fingerprint density at radius 2 is 2.29 bits per heavy atom. The van der Waals surface area contributed by atoms with E-state index in [2.05, 4.69) is 18.3 Å². The molecule has 1 saturated heterocycles. The maximum absolute atomic E-state index is 11.9. The monoisotopic (exact) mass is 233 g/mol. The van der Waals surface area contributed by atoms with E-state index in [1.165, 1.54) is 5.56 Å². The molecule has 0 aromatic heterocycles. The third-order valence-corrected chi connectivity index (χ3v) is 3.23. The number of aryl methyl sites for hydroxylation is 2. The number of amides is 2. The summed E-state index contributed by atoms with van der Waals surface area (Å²) >= 11 is 0. The number of carbonyl (C=O) groups is 1. The van der Waals surface area contributed by atoms with E-state index in [1.54, 1.807) is 0 Å². The van der Waals surface area contributed by atoms with E-state index < -0.39 is 0 Å². The molecule has 2 amide bonds. The Hall–Kier alpha value is -1.55. The van der Waals surface area contributed by atoms with Gasteiger partial charge < -0.3 is 11.1 Å². The average Bonchev–Trinajstić information content (AvgIpc) is 2.70. The second-order valence-corrected chi connectivity index (χ2v) is 4.43. The first kappa shape index (κ1) is 11.9.